The minimum Gasteiger partial charge on any atom is -0.396 e. The highest BCUT2D eigenvalue weighted by molar-refractivity contribution is 5.51. The number of aliphatic hydroxyl groups is 1. The van der Waals surface area contributed by atoms with Crippen LogP contribution in [0.4, 0.5) is 5.69 Å². The summed E-state index contributed by atoms with van der Waals surface area (Å²) in [6, 6.07) is 6.69. The van der Waals surface area contributed by atoms with Crippen molar-refractivity contribution in [3.05, 3.63) is 29.3 Å². The molecule has 1 atom stereocenters. The molecule has 1 saturated heterocycles. The number of nitrogens with one attached hydrogen (secondary N) is 1. The van der Waals surface area contributed by atoms with Crippen LogP contribution in [0.15, 0.2) is 18.2 Å². The molecule has 0 spiro atoms. The third-order valence-electron chi connectivity index (χ3n) is 4.27. The van der Waals surface area contributed by atoms with Gasteiger partial charge in [-0.25, -0.2) is 0 Å². The van der Waals surface area contributed by atoms with Gasteiger partial charge < -0.3 is 20.1 Å². The summed E-state index contributed by atoms with van der Waals surface area (Å²) < 4.78 is 5.04. The van der Waals surface area contributed by atoms with Crippen molar-refractivity contribution < 1.29 is 9.84 Å². The van der Waals surface area contributed by atoms with Crippen LogP contribution < -0.4 is 10.2 Å². The minimum atomic E-state index is 0.303. The molecule has 1 aromatic carbocycles. The van der Waals surface area contributed by atoms with Crippen LogP contribution >= 0.6 is 0 Å². The molecule has 2 N–H and O–H groups in total. The predicted octanol–water partition coefficient (Wildman–Crippen LogP) is 1.94. The second kappa shape index (κ2) is 8.37. The highest BCUT2D eigenvalue weighted by Gasteiger charge is 2.19. The average Bonchev–Trinajstić information content (AvgIpc) is 2.53. The first-order valence-corrected chi connectivity index (χ1v) is 7.89. The number of aliphatic hydroxyl groups excluding tert-OH is 1. The van der Waals surface area contributed by atoms with Crippen molar-refractivity contribution in [2.24, 2.45) is 5.92 Å². The Morgan fingerprint density at radius 3 is 3.00 bits per heavy atom. The molecule has 0 saturated carbocycles. The Labute approximate surface area is 128 Å². The van der Waals surface area contributed by atoms with Gasteiger partial charge in [0, 0.05) is 45.6 Å². The SMILES string of the molecule is COCCNCc1ccc(N2CCCC(CO)C2)cc1C. The van der Waals surface area contributed by atoms with E-state index in [2.05, 4.69) is 35.3 Å². The summed E-state index contributed by atoms with van der Waals surface area (Å²) in [7, 11) is 1.72. The molecule has 2 rings (SSSR count). The lowest BCUT2D eigenvalue weighted by molar-refractivity contribution is 0.199. The van der Waals surface area contributed by atoms with E-state index in [0.717, 1.165) is 39.2 Å². The summed E-state index contributed by atoms with van der Waals surface area (Å²) in [6.45, 7) is 7.05. The number of aryl methyl sites for hydroxylation is 1. The maximum Gasteiger partial charge on any atom is 0.0587 e. The molecule has 21 heavy (non-hydrogen) atoms. The van der Waals surface area contributed by atoms with E-state index in [4.69, 9.17) is 4.74 Å². The molecule has 0 aromatic heterocycles. The lowest BCUT2D eigenvalue weighted by atomic mass is 9.98. The number of nitrogens with zero attached hydrogens (tertiary/aromatic N) is 1. The molecule has 1 aromatic rings. The maximum atomic E-state index is 9.35. The van der Waals surface area contributed by atoms with E-state index in [1.54, 1.807) is 7.11 Å². The number of anilines is 1. The second-order valence-electron chi connectivity index (χ2n) is 5.92. The smallest absolute Gasteiger partial charge is 0.0587 e. The molecule has 0 bridgehead atoms. The van der Waals surface area contributed by atoms with Gasteiger partial charge in [-0.15, -0.1) is 0 Å². The number of benzene rings is 1. The van der Waals surface area contributed by atoms with E-state index in [0.29, 0.717) is 12.5 Å². The number of methoxy groups -OCH3 is 1. The standard InChI is InChI=1S/C17H28N2O2/c1-14-10-17(19-8-3-4-15(12-19)13-20)6-5-16(14)11-18-7-9-21-2/h5-6,10,15,18,20H,3-4,7-9,11-13H2,1-2H3. The fourth-order valence-corrected chi connectivity index (χ4v) is 2.92. The number of ether oxygens (including phenoxy) is 1. The van der Waals surface area contributed by atoms with Crippen LogP contribution in [0.1, 0.15) is 24.0 Å². The van der Waals surface area contributed by atoms with Crippen LogP contribution in [0.5, 0.6) is 0 Å². The van der Waals surface area contributed by atoms with Gasteiger partial charge in [-0.3, -0.25) is 0 Å². The summed E-state index contributed by atoms with van der Waals surface area (Å²) in [5.41, 5.74) is 3.94. The van der Waals surface area contributed by atoms with Gasteiger partial charge in [-0.1, -0.05) is 6.07 Å². The number of hydrogen-bond acceptors (Lipinski definition) is 4. The van der Waals surface area contributed by atoms with Gasteiger partial charge in [0.25, 0.3) is 0 Å². The van der Waals surface area contributed by atoms with E-state index in [9.17, 15) is 5.11 Å². The fourth-order valence-electron chi connectivity index (χ4n) is 2.92. The van der Waals surface area contributed by atoms with Gasteiger partial charge in [0.1, 0.15) is 0 Å². The van der Waals surface area contributed by atoms with Gasteiger partial charge in [-0.05, 0) is 48.9 Å². The van der Waals surface area contributed by atoms with E-state index >= 15 is 0 Å². The summed E-state index contributed by atoms with van der Waals surface area (Å²) >= 11 is 0. The Bertz CT molecular complexity index is 437. The van der Waals surface area contributed by atoms with Crippen molar-refractivity contribution >= 4 is 5.69 Å². The van der Waals surface area contributed by atoms with Gasteiger partial charge in [0.05, 0.1) is 6.61 Å². The highest BCUT2D eigenvalue weighted by atomic mass is 16.5. The largest absolute Gasteiger partial charge is 0.396 e. The third kappa shape index (κ3) is 4.70. The minimum absolute atomic E-state index is 0.303. The molecule has 1 heterocycles. The molecule has 1 fully saturated rings. The van der Waals surface area contributed by atoms with Crippen LogP contribution in [0.2, 0.25) is 0 Å². The van der Waals surface area contributed by atoms with Gasteiger partial charge >= 0.3 is 0 Å². The monoisotopic (exact) mass is 292 g/mol. The van der Waals surface area contributed by atoms with E-state index in [-0.39, 0.29) is 0 Å². The maximum absolute atomic E-state index is 9.35. The van der Waals surface area contributed by atoms with Crippen LogP contribution in [0.3, 0.4) is 0 Å². The third-order valence-corrected chi connectivity index (χ3v) is 4.27. The van der Waals surface area contributed by atoms with Crippen LogP contribution in [-0.2, 0) is 11.3 Å². The Morgan fingerprint density at radius 2 is 2.29 bits per heavy atom. The Balaban J connectivity index is 1.94. The van der Waals surface area contributed by atoms with Crippen molar-refractivity contribution in [3.8, 4) is 0 Å². The van der Waals surface area contributed by atoms with Gasteiger partial charge in [-0.2, -0.15) is 0 Å². The van der Waals surface area contributed by atoms with Gasteiger partial charge in [0.15, 0.2) is 0 Å². The first-order valence-electron chi connectivity index (χ1n) is 7.89. The second-order valence-corrected chi connectivity index (χ2v) is 5.92. The topological polar surface area (TPSA) is 44.7 Å². The predicted molar refractivity (Wildman–Crippen MR) is 86.8 cm³/mol. The van der Waals surface area contributed by atoms with Crippen molar-refractivity contribution in [2.45, 2.75) is 26.3 Å². The molecular weight excluding hydrogens is 264 g/mol. The molecule has 118 valence electrons. The van der Waals surface area contributed by atoms with E-state index in [1.807, 2.05) is 0 Å². The quantitative estimate of drug-likeness (QED) is 0.754. The first kappa shape index (κ1) is 16.3. The highest BCUT2D eigenvalue weighted by Crippen LogP contribution is 2.25. The lowest BCUT2D eigenvalue weighted by Crippen LogP contribution is -2.36. The number of hydrogen-bond donors (Lipinski definition) is 2. The van der Waals surface area contributed by atoms with Crippen molar-refractivity contribution in [2.75, 3.05) is 44.9 Å². The van der Waals surface area contributed by atoms with Crippen molar-refractivity contribution in [1.82, 2.24) is 5.32 Å². The molecule has 0 aliphatic carbocycles. The van der Waals surface area contributed by atoms with Gasteiger partial charge in [0.2, 0.25) is 0 Å². The Morgan fingerprint density at radius 1 is 1.43 bits per heavy atom. The van der Waals surface area contributed by atoms with Crippen molar-refractivity contribution in [3.63, 3.8) is 0 Å². The zero-order chi connectivity index (χ0) is 15.1. The van der Waals surface area contributed by atoms with E-state index < -0.39 is 0 Å². The van der Waals surface area contributed by atoms with Crippen molar-refractivity contribution in [1.29, 1.82) is 0 Å². The molecule has 1 aliphatic rings. The number of rotatable bonds is 7. The molecular formula is C17H28N2O2. The molecule has 0 radical (unpaired) electrons. The normalized spacial score (nSPS) is 19.0. The lowest BCUT2D eigenvalue weighted by Gasteiger charge is -2.34. The van der Waals surface area contributed by atoms with Crippen LogP contribution in [0, 0.1) is 12.8 Å². The fraction of sp³-hybridized carbons (Fsp3) is 0.647. The zero-order valence-electron chi connectivity index (χ0n) is 13.3. The molecule has 1 unspecified atom stereocenters. The average molecular weight is 292 g/mol. The summed E-state index contributed by atoms with van der Waals surface area (Å²) in [6.07, 6.45) is 2.32. The molecule has 4 nitrogen and oxygen atoms in total. The molecule has 0 amide bonds. The number of piperidine rings is 1. The van der Waals surface area contributed by atoms with Crippen LogP contribution in [0.25, 0.3) is 0 Å². The first-order chi connectivity index (χ1) is 10.2. The summed E-state index contributed by atoms with van der Waals surface area (Å²) in [4.78, 5) is 2.40. The van der Waals surface area contributed by atoms with Crippen LogP contribution in [-0.4, -0.2) is 45.1 Å². The summed E-state index contributed by atoms with van der Waals surface area (Å²) in [5.74, 6) is 0.425. The summed E-state index contributed by atoms with van der Waals surface area (Å²) in [5, 5.41) is 12.7. The van der Waals surface area contributed by atoms with E-state index in [1.165, 1.54) is 23.2 Å². The zero-order valence-corrected chi connectivity index (χ0v) is 13.3. The Kier molecular flexibility index (Phi) is 6.49. The molecule has 4 heteroatoms. The Hall–Kier alpha value is -1.10. The molecule has 1 aliphatic heterocycles.